The highest BCUT2D eigenvalue weighted by Crippen LogP contribution is 2.51. The average Bonchev–Trinajstić information content (AvgIpc) is 3.24. The molecule has 1 aromatic heterocycles. The molecule has 7 heteroatoms. The van der Waals surface area contributed by atoms with Crippen molar-refractivity contribution >= 4 is 59.0 Å². The van der Waals surface area contributed by atoms with E-state index in [-0.39, 0.29) is 0 Å². The highest BCUT2D eigenvalue weighted by molar-refractivity contribution is 8.00. The predicted octanol–water partition coefficient (Wildman–Crippen LogP) is 12.5. The molecule has 0 bridgehead atoms. The predicted molar refractivity (Wildman–Crippen MR) is 231 cm³/mol. The molecule has 2 aliphatic rings. The second kappa shape index (κ2) is 13.8. The number of hydrogen-bond acceptors (Lipinski definition) is 6. The van der Waals surface area contributed by atoms with Gasteiger partial charge >= 0.3 is 0 Å². The first kappa shape index (κ1) is 33.7. The summed E-state index contributed by atoms with van der Waals surface area (Å²) in [6.07, 6.45) is 3.56. The number of ether oxygens (including phenoxy) is 1. The largest absolute Gasteiger partial charge is 0.455 e. The molecule has 4 nitrogen and oxygen atoms in total. The lowest BCUT2D eigenvalue weighted by Crippen LogP contribution is -2.56. The second-order valence-corrected chi connectivity index (χ2v) is 20.7. The van der Waals surface area contributed by atoms with E-state index in [1.807, 2.05) is 30.0 Å². The van der Waals surface area contributed by atoms with E-state index in [2.05, 4.69) is 174 Å². The van der Waals surface area contributed by atoms with E-state index in [4.69, 9.17) is 4.74 Å². The number of nitrogens with zero attached hydrogens (tertiary/aromatic N) is 3. The highest BCUT2D eigenvalue weighted by atomic mass is 32.2. The Morgan fingerprint density at radius 1 is 0.455 bits per heavy atom. The number of hydrogen-bond donors (Lipinski definition) is 0. The zero-order valence-corrected chi connectivity index (χ0v) is 32.9. The maximum atomic E-state index is 6.32. The van der Waals surface area contributed by atoms with Gasteiger partial charge in [-0.25, -0.2) is 9.97 Å². The Morgan fingerprint density at radius 2 is 0.964 bits per heavy atom. The number of rotatable bonds is 6. The van der Waals surface area contributed by atoms with E-state index < -0.39 is 8.07 Å². The van der Waals surface area contributed by atoms with Gasteiger partial charge in [-0.15, -0.1) is 0 Å². The zero-order chi connectivity index (χ0) is 36.9. The summed E-state index contributed by atoms with van der Waals surface area (Å²) in [6.45, 7) is 4.96. The molecule has 2 aliphatic heterocycles. The number of aromatic nitrogens is 2. The zero-order valence-electron chi connectivity index (χ0n) is 30.3. The van der Waals surface area contributed by atoms with Crippen molar-refractivity contribution in [3.8, 4) is 45.1 Å². The number of fused-ring (bicyclic) bond motifs is 4. The van der Waals surface area contributed by atoms with Gasteiger partial charge in [0, 0.05) is 44.8 Å². The summed E-state index contributed by atoms with van der Waals surface area (Å²) in [5.41, 5.74) is 8.99. The minimum absolute atomic E-state index is 0.711. The first-order valence-electron chi connectivity index (χ1n) is 18.4. The Kier molecular flexibility index (Phi) is 8.43. The van der Waals surface area contributed by atoms with E-state index >= 15 is 0 Å². The lowest BCUT2D eigenvalue weighted by atomic mass is 10.0. The van der Waals surface area contributed by atoms with Crippen molar-refractivity contribution in [2.24, 2.45) is 0 Å². The van der Waals surface area contributed by atoms with Crippen LogP contribution in [0.2, 0.25) is 13.1 Å². The molecule has 0 saturated carbocycles. The molecule has 0 saturated heterocycles. The fourth-order valence-electron chi connectivity index (χ4n) is 7.70. The smallest absolute Gasteiger partial charge is 0.159 e. The molecule has 0 spiro atoms. The fourth-order valence-corrected chi connectivity index (χ4v) is 14.4. The first-order chi connectivity index (χ1) is 27.0. The second-order valence-electron chi connectivity index (χ2n) is 14.2. The normalized spacial score (nSPS) is 13.4. The summed E-state index contributed by atoms with van der Waals surface area (Å²) < 4.78 is 6.32. The van der Waals surface area contributed by atoms with Gasteiger partial charge in [0.15, 0.2) is 5.82 Å². The third kappa shape index (κ3) is 6.05. The lowest BCUT2D eigenvalue weighted by molar-refractivity contribution is 0.455. The van der Waals surface area contributed by atoms with Crippen LogP contribution in [-0.4, -0.2) is 18.0 Å². The van der Waals surface area contributed by atoms with Crippen LogP contribution in [-0.2, 0) is 0 Å². The molecule has 0 unspecified atom stereocenters. The van der Waals surface area contributed by atoms with Crippen LogP contribution in [0.1, 0.15) is 0 Å². The van der Waals surface area contributed by atoms with Crippen molar-refractivity contribution in [3.05, 3.63) is 176 Å². The average molecular weight is 762 g/mol. The molecule has 0 amide bonds. The lowest BCUT2D eigenvalue weighted by Gasteiger charge is -2.34. The molecule has 3 heterocycles. The Bertz CT molecular complexity index is 2700. The van der Waals surface area contributed by atoms with Crippen LogP contribution < -0.4 is 20.0 Å². The van der Waals surface area contributed by atoms with Crippen LogP contribution in [0.5, 0.6) is 11.5 Å². The summed E-state index contributed by atoms with van der Waals surface area (Å²) in [5.74, 6) is 2.51. The third-order valence-corrected chi connectivity index (χ3v) is 16.9. The number of anilines is 3. The van der Waals surface area contributed by atoms with Crippen molar-refractivity contribution < 1.29 is 4.74 Å². The van der Waals surface area contributed by atoms with E-state index in [0.717, 1.165) is 55.0 Å². The van der Waals surface area contributed by atoms with Gasteiger partial charge < -0.3 is 9.64 Å². The minimum Gasteiger partial charge on any atom is -0.455 e. The van der Waals surface area contributed by atoms with E-state index in [9.17, 15) is 0 Å². The van der Waals surface area contributed by atoms with Crippen molar-refractivity contribution in [1.29, 1.82) is 0 Å². The highest BCUT2D eigenvalue weighted by Gasteiger charge is 2.36. The van der Waals surface area contributed by atoms with Crippen molar-refractivity contribution in [2.45, 2.75) is 32.7 Å². The maximum Gasteiger partial charge on any atom is 0.159 e. The molecule has 0 fully saturated rings. The van der Waals surface area contributed by atoms with Crippen molar-refractivity contribution in [3.63, 3.8) is 0 Å². The Labute approximate surface area is 330 Å². The van der Waals surface area contributed by atoms with Crippen molar-refractivity contribution in [2.75, 3.05) is 4.90 Å². The quantitative estimate of drug-likeness (QED) is 0.157. The molecular formula is C48H35N3OS2Si. The first-order valence-corrected chi connectivity index (χ1v) is 23.0. The van der Waals surface area contributed by atoms with Crippen LogP contribution in [0.25, 0.3) is 33.6 Å². The summed E-state index contributed by atoms with van der Waals surface area (Å²) in [5, 5.41) is 3.03. The molecule has 0 N–H and O–H groups in total. The summed E-state index contributed by atoms with van der Waals surface area (Å²) >= 11 is 3.69. The van der Waals surface area contributed by atoms with E-state index in [1.54, 1.807) is 24.2 Å². The van der Waals surface area contributed by atoms with Crippen molar-refractivity contribution in [1.82, 2.24) is 9.97 Å². The topological polar surface area (TPSA) is 38.2 Å². The van der Waals surface area contributed by atoms with Crippen LogP contribution >= 0.6 is 23.5 Å². The Balaban J connectivity index is 1.02. The van der Waals surface area contributed by atoms with Gasteiger partial charge in [0.1, 0.15) is 19.6 Å². The standard InChI is InChI=1S/C48H35N3OS2Si/c1-55(2)44-16-6-5-15-43(44)54-47-39(11-8-17-45(47)55)33-20-26-36(27-21-33)51(37-28-22-34(23-29-37)48-49-30-9-31-50-48)35-24-18-32(19-25-35)38-10-7-13-41-46(38)53-42-14-4-3-12-40(42)52-41/h3-31H,1-2H3. The molecule has 10 rings (SSSR count). The van der Waals surface area contributed by atoms with Gasteiger partial charge in [0.2, 0.25) is 0 Å². The van der Waals surface area contributed by atoms with E-state index in [0.29, 0.717) is 5.82 Å². The van der Waals surface area contributed by atoms with Gasteiger partial charge in [0.05, 0.1) is 9.79 Å². The molecule has 55 heavy (non-hydrogen) atoms. The van der Waals surface area contributed by atoms with Crippen LogP contribution in [0.15, 0.2) is 196 Å². The minimum atomic E-state index is -1.84. The SMILES string of the molecule is C[Si]1(C)c2ccccc2Sc2c(-c3ccc(N(c4ccc(-c5ncccn5)cc4)c4ccc(-c5cccc6c5Sc5ccccc5O6)cc4)cc3)cccc21. The molecule has 0 radical (unpaired) electrons. The molecular weight excluding hydrogens is 727 g/mol. The van der Waals surface area contributed by atoms with E-state index in [1.165, 1.54) is 31.3 Å². The summed E-state index contributed by atoms with van der Waals surface area (Å²) in [4.78, 5) is 16.3. The van der Waals surface area contributed by atoms with Crippen LogP contribution in [0.3, 0.4) is 0 Å². The van der Waals surface area contributed by atoms with Gasteiger partial charge in [-0.2, -0.15) is 0 Å². The number of para-hydroxylation sites is 1. The summed E-state index contributed by atoms with van der Waals surface area (Å²) in [7, 11) is -1.84. The van der Waals surface area contributed by atoms with Crippen LogP contribution in [0, 0.1) is 0 Å². The van der Waals surface area contributed by atoms with Gasteiger partial charge in [0.25, 0.3) is 0 Å². The van der Waals surface area contributed by atoms with Gasteiger partial charge in [-0.05, 0) is 111 Å². The Hall–Kier alpha value is -5.86. The molecule has 0 aliphatic carbocycles. The summed E-state index contributed by atoms with van der Waals surface area (Å²) in [6, 6.07) is 58.7. The fraction of sp³-hybridized carbons (Fsp3) is 0.0417. The third-order valence-electron chi connectivity index (χ3n) is 10.5. The number of benzene rings is 7. The Morgan fingerprint density at radius 3 is 1.64 bits per heavy atom. The van der Waals surface area contributed by atoms with Gasteiger partial charge in [-0.3, -0.25) is 0 Å². The molecule has 264 valence electrons. The molecule has 8 aromatic rings. The monoisotopic (exact) mass is 761 g/mol. The van der Waals surface area contributed by atoms with Gasteiger partial charge in [-0.1, -0.05) is 122 Å². The maximum absolute atomic E-state index is 6.32. The van der Waals surface area contributed by atoms with Crippen LogP contribution in [0.4, 0.5) is 17.1 Å². The molecule has 0 atom stereocenters. The molecule has 7 aromatic carbocycles.